The number of nitrogens with one attached hydrogen (secondary N) is 1. The van der Waals surface area contributed by atoms with Gasteiger partial charge in [-0.3, -0.25) is 9.89 Å². The first-order valence-electron chi connectivity index (χ1n) is 7.74. The van der Waals surface area contributed by atoms with E-state index in [0.29, 0.717) is 38.4 Å². The van der Waals surface area contributed by atoms with Crippen LogP contribution < -0.4 is 0 Å². The Labute approximate surface area is 134 Å². The Morgan fingerprint density at radius 2 is 2.22 bits per heavy atom. The highest BCUT2D eigenvalue weighted by Gasteiger charge is 2.28. The highest BCUT2D eigenvalue weighted by Crippen LogP contribution is 2.21. The van der Waals surface area contributed by atoms with Gasteiger partial charge in [-0.05, 0) is 27.2 Å². The number of rotatable bonds is 4. The Morgan fingerprint density at radius 3 is 2.87 bits per heavy atom. The number of hydrogen-bond donors (Lipinski definition) is 1. The van der Waals surface area contributed by atoms with Crippen LogP contribution in [0.3, 0.4) is 0 Å². The van der Waals surface area contributed by atoms with Crippen molar-refractivity contribution in [3.63, 3.8) is 0 Å². The Kier molecular flexibility index (Phi) is 4.42. The molecule has 1 unspecified atom stereocenters. The SMILES string of the molecule is Cc1nc(C2CN(C(=O)CCc3c(C)noc3C)CCO2)n[nH]1. The third-order valence-corrected chi connectivity index (χ3v) is 4.09. The number of aromatic nitrogens is 4. The molecule has 1 atom stereocenters. The fourth-order valence-corrected chi connectivity index (χ4v) is 2.78. The van der Waals surface area contributed by atoms with Crippen LogP contribution in [0.15, 0.2) is 4.52 Å². The summed E-state index contributed by atoms with van der Waals surface area (Å²) in [6.07, 6.45) is 0.807. The zero-order valence-corrected chi connectivity index (χ0v) is 13.6. The number of aromatic amines is 1. The summed E-state index contributed by atoms with van der Waals surface area (Å²) in [7, 11) is 0. The number of nitrogens with zero attached hydrogens (tertiary/aromatic N) is 4. The molecule has 8 heteroatoms. The summed E-state index contributed by atoms with van der Waals surface area (Å²) in [5, 5.41) is 10.8. The van der Waals surface area contributed by atoms with Gasteiger partial charge < -0.3 is 14.2 Å². The van der Waals surface area contributed by atoms with Gasteiger partial charge in [-0.2, -0.15) is 5.10 Å². The molecule has 1 amide bonds. The number of carbonyl (C=O) groups excluding carboxylic acids is 1. The molecule has 0 aliphatic carbocycles. The maximum Gasteiger partial charge on any atom is 0.223 e. The number of H-pyrrole nitrogens is 1. The lowest BCUT2D eigenvalue weighted by atomic mass is 10.1. The van der Waals surface area contributed by atoms with E-state index in [4.69, 9.17) is 9.26 Å². The molecule has 3 rings (SSSR count). The van der Waals surface area contributed by atoms with Crippen molar-refractivity contribution in [2.45, 2.75) is 39.7 Å². The van der Waals surface area contributed by atoms with Crippen molar-refractivity contribution < 1.29 is 14.1 Å². The zero-order valence-electron chi connectivity index (χ0n) is 13.6. The molecule has 23 heavy (non-hydrogen) atoms. The Morgan fingerprint density at radius 1 is 1.39 bits per heavy atom. The molecule has 0 radical (unpaired) electrons. The van der Waals surface area contributed by atoms with E-state index in [1.807, 2.05) is 25.7 Å². The van der Waals surface area contributed by atoms with E-state index in [0.717, 1.165) is 22.8 Å². The van der Waals surface area contributed by atoms with Crippen molar-refractivity contribution in [2.24, 2.45) is 0 Å². The number of hydrogen-bond acceptors (Lipinski definition) is 6. The largest absolute Gasteiger partial charge is 0.366 e. The van der Waals surface area contributed by atoms with Crippen LogP contribution in [-0.2, 0) is 16.0 Å². The van der Waals surface area contributed by atoms with E-state index < -0.39 is 0 Å². The molecule has 0 bridgehead atoms. The standard InChI is InChI=1S/C15H21N5O3/c1-9-12(10(2)23-19-9)4-5-14(21)20-6-7-22-13(8-20)15-16-11(3)17-18-15/h13H,4-8H2,1-3H3,(H,16,17,18). The normalized spacial score (nSPS) is 18.4. The molecule has 3 heterocycles. The minimum atomic E-state index is -0.267. The van der Waals surface area contributed by atoms with Crippen LogP contribution in [-0.4, -0.2) is 50.8 Å². The molecule has 1 N–H and O–H groups in total. The van der Waals surface area contributed by atoms with Gasteiger partial charge in [0.2, 0.25) is 5.91 Å². The van der Waals surface area contributed by atoms with Crippen molar-refractivity contribution in [1.29, 1.82) is 0 Å². The summed E-state index contributed by atoms with van der Waals surface area (Å²) in [4.78, 5) is 18.6. The minimum Gasteiger partial charge on any atom is -0.366 e. The lowest BCUT2D eigenvalue weighted by molar-refractivity contribution is -0.139. The summed E-state index contributed by atoms with van der Waals surface area (Å²) in [6, 6.07) is 0. The molecular formula is C15H21N5O3. The molecule has 124 valence electrons. The van der Waals surface area contributed by atoms with Crippen molar-refractivity contribution in [3.05, 3.63) is 28.7 Å². The molecule has 1 aliphatic rings. The summed E-state index contributed by atoms with van der Waals surface area (Å²) >= 11 is 0. The van der Waals surface area contributed by atoms with E-state index in [9.17, 15) is 4.79 Å². The van der Waals surface area contributed by atoms with Crippen molar-refractivity contribution in [1.82, 2.24) is 25.2 Å². The molecule has 2 aromatic rings. The van der Waals surface area contributed by atoms with Crippen LogP contribution in [0.5, 0.6) is 0 Å². The topological polar surface area (TPSA) is 97.1 Å². The average molecular weight is 319 g/mol. The smallest absolute Gasteiger partial charge is 0.223 e. The summed E-state index contributed by atoms with van der Waals surface area (Å²) in [5.74, 6) is 2.23. The van der Waals surface area contributed by atoms with E-state index in [-0.39, 0.29) is 12.0 Å². The lowest BCUT2D eigenvalue weighted by Gasteiger charge is -2.31. The summed E-state index contributed by atoms with van der Waals surface area (Å²) in [6.45, 7) is 7.18. The van der Waals surface area contributed by atoms with E-state index in [1.54, 1.807) is 0 Å². The van der Waals surface area contributed by atoms with Gasteiger partial charge in [0.1, 0.15) is 17.7 Å². The predicted octanol–water partition coefficient (Wildman–Crippen LogP) is 1.25. The highest BCUT2D eigenvalue weighted by molar-refractivity contribution is 5.76. The molecule has 1 saturated heterocycles. The second-order valence-electron chi connectivity index (χ2n) is 5.78. The van der Waals surface area contributed by atoms with Gasteiger partial charge in [0, 0.05) is 18.5 Å². The maximum absolute atomic E-state index is 12.5. The van der Waals surface area contributed by atoms with Crippen LogP contribution in [0.4, 0.5) is 0 Å². The first-order chi connectivity index (χ1) is 11.0. The molecule has 2 aromatic heterocycles. The van der Waals surface area contributed by atoms with Gasteiger partial charge >= 0.3 is 0 Å². The van der Waals surface area contributed by atoms with Gasteiger partial charge in [-0.25, -0.2) is 4.98 Å². The van der Waals surface area contributed by atoms with Crippen LogP contribution in [0, 0.1) is 20.8 Å². The zero-order chi connectivity index (χ0) is 16.4. The van der Waals surface area contributed by atoms with Crippen molar-refractivity contribution >= 4 is 5.91 Å². The fourth-order valence-electron chi connectivity index (χ4n) is 2.78. The predicted molar refractivity (Wildman–Crippen MR) is 80.7 cm³/mol. The Hall–Kier alpha value is -2.22. The second-order valence-corrected chi connectivity index (χ2v) is 5.78. The lowest BCUT2D eigenvalue weighted by Crippen LogP contribution is -2.42. The van der Waals surface area contributed by atoms with Gasteiger partial charge in [-0.1, -0.05) is 5.16 Å². The fraction of sp³-hybridized carbons (Fsp3) is 0.600. The van der Waals surface area contributed by atoms with E-state index in [2.05, 4.69) is 20.3 Å². The number of carbonyl (C=O) groups is 1. The van der Waals surface area contributed by atoms with Gasteiger partial charge in [-0.15, -0.1) is 0 Å². The van der Waals surface area contributed by atoms with Gasteiger partial charge in [0.15, 0.2) is 5.82 Å². The quantitative estimate of drug-likeness (QED) is 0.911. The van der Waals surface area contributed by atoms with Crippen molar-refractivity contribution in [2.75, 3.05) is 19.7 Å². The Bertz CT molecular complexity index is 674. The van der Waals surface area contributed by atoms with Crippen LogP contribution in [0.2, 0.25) is 0 Å². The van der Waals surface area contributed by atoms with Gasteiger partial charge in [0.05, 0.1) is 18.8 Å². The van der Waals surface area contributed by atoms with Gasteiger partial charge in [0.25, 0.3) is 0 Å². The first-order valence-corrected chi connectivity index (χ1v) is 7.74. The monoisotopic (exact) mass is 319 g/mol. The molecule has 1 aliphatic heterocycles. The molecule has 0 saturated carbocycles. The third-order valence-electron chi connectivity index (χ3n) is 4.09. The Balaban J connectivity index is 1.59. The van der Waals surface area contributed by atoms with E-state index >= 15 is 0 Å². The number of aryl methyl sites for hydroxylation is 3. The molecule has 0 aromatic carbocycles. The second kappa shape index (κ2) is 6.49. The average Bonchev–Trinajstić information content (AvgIpc) is 3.12. The number of amides is 1. The third kappa shape index (κ3) is 3.42. The molecule has 0 spiro atoms. The molecule has 1 fully saturated rings. The van der Waals surface area contributed by atoms with Crippen molar-refractivity contribution in [3.8, 4) is 0 Å². The van der Waals surface area contributed by atoms with Crippen LogP contribution in [0.1, 0.15) is 41.2 Å². The summed E-state index contributed by atoms with van der Waals surface area (Å²) < 4.78 is 10.8. The van der Waals surface area contributed by atoms with E-state index in [1.165, 1.54) is 0 Å². The summed E-state index contributed by atoms with van der Waals surface area (Å²) in [5.41, 5.74) is 1.87. The van der Waals surface area contributed by atoms with Crippen LogP contribution >= 0.6 is 0 Å². The maximum atomic E-state index is 12.5. The first kappa shape index (κ1) is 15.7. The molecular weight excluding hydrogens is 298 g/mol. The molecule has 8 nitrogen and oxygen atoms in total. The number of morpholine rings is 1. The highest BCUT2D eigenvalue weighted by atomic mass is 16.5. The number of ether oxygens (including phenoxy) is 1. The van der Waals surface area contributed by atoms with Crippen LogP contribution in [0.25, 0.3) is 0 Å². The minimum absolute atomic E-state index is 0.102.